The van der Waals surface area contributed by atoms with Gasteiger partial charge in [0.05, 0.1) is 6.61 Å². The van der Waals surface area contributed by atoms with Gasteiger partial charge in [0.15, 0.2) is 0 Å². The summed E-state index contributed by atoms with van der Waals surface area (Å²) < 4.78 is 5.04. The van der Waals surface area contributed by atoms with Crippen molar-refractivity contribution in [3.05, 3.63) is 48.0 Å². The Morgan fingerprint density at radius 3 is 1.81 bits per heavy atom. The zero-order chi connectivity index (χ0) is 27.5. The summed E-state index contributed by atoms with van der Waals surface area (Å²) in [7, 11) is 0. The van der Waals surface area contributed by atoms with Crippen LogP contribution in [0.4, 0.5) is 0 Å². The number of amides is 3. The highest BCUT2D eigenvalue weighted by Gasteiger charge is 2.30. The molecule has 0 aliphatic carbocycles. The largest absolute Gasteiger partial charge is 0.464 e. The van der Waals surface area contributed by atoms with Crippen LogP contribution in [0.25, 0.3) is 10.8 Å². The standard InChI is InChI=1S/C29H41N3O5/c1-7-23(29(36)37-8-2)30-27(34)25(16-19(5)6)32-28(35)24(15-18(3)4)31-26(33)22-14-13-20-11-9-10-12-21(20)17-22/h9-14,17-19,23-25H,7-8,15-16H2,1-6H3,(H,30,34)(H,31,33)(H,32,35)/t23-,24-,25-/m0/s1. The van der Waals surface area contributed by atoms with Gasteiger partial charge in [-0.15, -0.1) is 0 Å². The van der Waals surface area contributed by atoms with Crippen LogP contribution in [-0.4, -0.2) is 48.4 Å². The van der Waals surface area contributed by atoms with Crippen molar-refractivity contribution in [1.82, 2.24) is 16.0 Å². The maximum Gasteiger partial charge on any atom is 0.328 e. The first-order valence-electron chi connectivity index (χ1n) is 13.1. The van der Waals surface area contributed by atoms with E-state index in [4.69, 9.17) is 4.74 Å². The van der Waals surface area contributed by atoms with Crippen LogP contribution < -0.4 is 16.0 Å². The van der Waals surface area contributed by atoms with E-state index in [-0.39, 0.29) is 24.3 Å². The molecule has 0 aliphatic rings. The minimum atomic E-state index is -0.858. The molecule has 0 saturated heterocycles. The Morgan fingerprint density at radius 1 is 0.730 bits per heavy atom. The van der Waals surface area contributed by atoms with Gasteiger partial charge in [-0.2, -0.15) is 0 Å². The number of esters is 1. The van der Waals surface area contributed by atoms with Crippen molar-refractivity contribution in [2.45, 2.75) is 78.9 Å². The number of nitrogens with one attached hydrogen (secondary N) is 3. The number of ether oxygens (including phenoxy) is 1. The highest BCUT2D eigenvalue weighted by molar-refractivity contribution is 6.01. The molecule has 202 valence electrons. The van der Waals surface area contributed by atoms with Gasteiger partial charge in [-0.05, 0) is 60.9 Å². The highest BCUT2D eigenvalue weighted by Crippen LogP contribution is 2.16. The second-order valence-electron chi connectivity index (χ2n) is 10.1. The Bertz CT molecular complexity index is 1080. The lowest BCUT2D eigenvalue weighted by molar-refractivity contribution is -0.147. The Kier molecular flexibility index (Phi) is 11.6. The maximum atomic E-state index is 13.3. The quantitative estimate of drug-likeness (QED) is 0.352. The molecule has 0 spiro atoms. The van der Waals surface area contributed by atoms with Crippen LogP contribution in [0.3, 0.4) is 0 Å². The van der Waals surface area contributed by atoms with Gasteiger partial charge < -0.3 is 20.7 Å². The van der Waals surface area contributed by atoms with Crippen molar-refractivity contribution in [1.29, 1.82) is 0 Å². The molecule has 0 aliphatic heterocycles. The normalized spacial score (nSPS) is 13.6. The van der Waals surface area contributed by atoms with Crippen molar-refractivity contribution in [3.8, 4) is 0 Å². The van der Waals surface area contributed by atoms with E-state index in [1.54, 1.807) is 26.0 Å². The number of hydrogen-bond donors (Lipinski definition) is 3. The lowest BCUT2D eigenvalue weighted by atomic mass is 9.99. The monoisotopic (exact) mass is 511 g/mol. The third-order valence-corrected chi connectivity index (χ3v) is 5.98. The van der Waals surface area contributed by atoms with Crippen LogP contribution in [0, 0.1) is 11.8 Å². The molecule has 0 unspecified atom stereocenters. The second-order valence-corrected chi connectivity index (χ2v) is 10.1. The maximum absolute atomic E-state index is 13.3. The second kappa shape index (κ2) is 14.4. The molecular formula is C29H41N3O5. The molecule has 2 aromatic rings. The van der Waals surface area contributed by atoms with E-state index < -0.39 is 35.9 Å². The van der Waals surface area contributed by atoms with Crippen molar-refractivity contribution < 1.29 is 23.9 Å². The summed E-state index contributed by atoms with van der Waals surface area (Å²) in [6.07, 6.45) is 1.15. The van der Waals surface area contributed by atoms with Crippen LogP contribution >= 0.6 is 0 Å². The van der Waals surface area contributed by atoms with Gasteiger partial charge in [-0.25, -0.2) is 4.79 Å². The molecule has 8 heteroatoms. The van der Waals surface area contributed by atoms with Gasteiger partial charge in [0, 0.05) is 5.56 Å². The van der Waals surface area contributed by atoms with E-state index >= 15 is 0 Å². The van der Waals surface area contributed by atoms with Crippen molar-refractivity contribution in [2.24, 2.45) is 11.8 Å². The van der Waals surface area contributed by atoms with Gasteiger partial charge in [-0.3, -0.25) is 14.4 Å². The third-order valence-electron chi connectivity index (χ3n) is 5.98. The Morgan fingerprint density at radius 2 is 1.27 bits per heavy atom. The van der Waals surface area contributed by atoms with Gasteiger partial charge in [0.1, 0.15) is 18.1 Å². The van der Waals surface area contributed by atoms with Gasteiger partial charge in [0.25, 0.3) is 5.91 Å². The fourth-order valence-electron chi connectivity index (χ4n) is 4.09. The van der Waals surface area contributed by atoms with E-state index in [0.29, 0.717) is 24.8 Å². The van der Waals surface area contributed by atoms with Crippen LogP contribution in [0.5, 0.6) is 0 Å². The predicted molar refractivity (Wildman–Crippen MR) is 145 cm³/mol. The zero-order valence-corrected chi connectivity index (χ0v) is 22.8. The summed E-state index contributed by atoms with van der Waals surface area (Å²) in [5.74, 6) is -1.52. The Balaban J connectivity index is 2.18. The van der Waals surface area contributed by atoms with Crippen LogP contribution in [0.15, 0.2) is 42.5 Å². The number of hydrogen-bond acceptors (Lipinski definition) is 5. The highest BCUT2D eigenvalue weighted by atomic mass is 16.5. The molecular weight excluding hydrogens is 470 g/mol. The molecule has 2 aromatic carbocycles. The molecule has 0 heterocycles. The molecule has 3 atom stereocenters. The van der Waals surface area contributed by atoms with Crippen molar-refractivity contribution in [3.63, 3.8) is 0 Å². The molecule has 0 aromatic heterocycles. The average Bonchev–Trinajstić information content (AvgIpc) is 2.85. The first-order valence-corrected chi connectivity index (χ1v) is 13.1. The Hall–Kier alpha value is -3.42. The lowest BCUT2D eigenvalue weighted by Crippen LogP contribution is -2.56. The molecule has 37 heavy (non-hydrogen) atoms. The number of benzene rings is 2. The first-order chi connectivity index (χ1) is 17.5. The van der Waals surface area contributed by atoms with E-state index in [2.05, 4.69) is 16.0 Å². The minimum Gasteiger partial charge on any atom is -0.464 e. The van der Waals surface area contributed by atoms with Gasteiger partial charge in [0.2, 0.25) is 11.8 Å². The summed E-state index contributed by atoms with van der Waals surface area (Å²) in [5, 5.41) is 10.3. The molecule has 0 fully saturated rings. The fraction of sp³-hybridized carbons (Fsp3) is 0.517. The topological polar surface area (TPSA) is 114 Å². The third kappa shape index (κ3) is 9.19. The van der Waals surface area contributed by atoms with E-state index in [1.807, 2.05) is 58.0 Å². The number of carbonyl (C=O) groups excluding carboxylic acids is 4. The first kappa shape index (κ1) is 29.8. The van der Waals surface area contributed by atoms with Crippen molar-refractivity contribution >= 4 is 34.5 Å². The summed E-state index contributed by atoms with van der Waals surface area (Å²) in [6.45, 7) is 11.5. The fourth-order valence-corrected chi connectivity index (χ4v) is 4.09. The van der Waals surface area contributed by atoms with Crippen molar-refractivity contribution in [2.75, 3.05) is 6.61 Å². The number of rotatable bonds is 13. The SMILES string of the molecule is CCOC(=O)[C@H](CC)NC(=O)[C@H](CC(C)C)NC(=O)[C@H](CC(C)C)NC(=O)c1ccc2ccccc2c1. The minimum absolute atomic E-state index is 0.106. The van der Waals surface area contributed by atoms with Crippen LogP contribution in [0.1, 0.15) is 71.2 Å². The summed E-state index contributed by atoms with van der Waals surface area (Å²) in [6, 6.07) is 10.7. The number of carbonyl (C=O) groups is 4. The van der Waals surface area contributed by atoms with E-state index in [9.17, 15) is 19.2 Å². The van der Waals surface area contributed by atoms with E-state index in [0.717, 1.165) is 10.8 Å². The number of fused-ring (bicyclic) bond motifs is 1. The molecule has 3 N–H and O–H groups in total. The molecule has 8 nitrogen and oxygen atoms in total. The zero-order valence-electron chi connectivity index (χ0n) is 22.8. The van der Waals surface area contributed by atoms with Crippen LogP contribution in [0.2, 0.25) is 0 Å². The summed E-state index contributed by atoms with van der Waals surface area (Å²) >= 11 is 0. The smallest absolute Gasteiger partial charge is 0.328 e. The van der Waals surface area contributed by atoms with Crippen LogP contribution in [-0.2, 0) is 19.1 Å². The molecule has 0 radical (unpaired) electrons. The Labute approximate surface area is 219 Å². The molecule has 3 amide bonds. The van der Waals surface area contributed by atoms with E-state index in [1.165, 1.54) is 0 Å². The molecule has 0 saturated carbocycles. The predicted octanol–water partition coefficient (Wildman–Crippen LogP) is 3.97. The lowest BCUT2D eigenvalue weighted by Gasteiger charge is -2.26. The van der Waals surface area contributed by atoms with Gasteiger partial charge in [-0.1, -0.05) is 65.0 Å². The molecule has 0 bridgehead atoms. The molecule has 2 rings (SSSR count). The summed E-state index contributed by atoms with van der Waals surface area (Å²) in [5.41, 5.74) is 0.456. The van der Waals surface area contributed by atoms with Gasteiger partial charge >= 0.3 is 5.97 Å². The summed E-state index contributed by atoms with van der Waals surface area (Å²) in [4.78, 5) is 51.7. The average molecular weight is 512 g/mol.